The zero-order chi connectivity index (χ0) is 7.82. The van der Waals surface area contributed by atoms with E-state index in [0.717, 1.165) is 13.1 Å². The molecule has 0 aromatic rings. The van der Waals surface area contributed by atoms with Crippen molar-refractivity contribution in [2.24, 2.45) is 5.73 Å². The summed E-state index contributed by atoms with van der Waals surface area (Å²) in [4.78, 5) is 9.22. The van der Waals surface area contributed by atoms with Gasteiger partial charge in [0.25, 0.3) is 0 Å². The lowest BCUT2D eigenvalue weighted by Crippen LogP contribution is -2.17. The molecule has 1 aliphatic heterocycles. The fourth-order valence-corrected chi connectivity index (χ4v) is 0.572. The van der Waals surface area contributed by atoms with E-state index in [9.17, 15) is 4.79 Å². The lowest BCUT2D eigenvalue weighted by atomic mass is 10.3. The summed E-state index contributed by atoms with van der Waals surface area (Å²) >= 11 is 0. The molecular weight excluding hydrogens is 128 g/mol. The summed E-state index contributed by atoms with van der Waals surface area (Å²) in [6, 6.07) is 0. The van der Waals surface area contributed by atoms with Gasteiger partial charge in [-0.2, -0.15) is 0 Å². The van der Waals surface area contributed by atoms with E-state index in [1.165, 1.54) is 13.3 Å². The average Bonchev–Trinajstić information content (AvgIpc) is 1.90. The molecule has 58 valence electrons. The summed E-state index contributed by atoms with van der Waals surface area (Å²) in [5.74, 6) is -0.333. The molecule has 0 unspecified atom stereocenters. The fourth-order valence-electron chi connectivity index (χ4n) is 0.572. The third kappa shape index (κ3) is 10.2. The molecule has 1 aliphatic rings. The molecule has 1 heterocycles. The molecule has 0 saturated heterocycles. The van der Waals surface area contributed by atoms with E-state index in [0.29, 0.717) is 0 Å². The standard InChI is InChI=1S/C5H9N.C2H5NO/c1-2-4-6-5-3-1;1-2(3)4/h1-2,6H,3-5H2;1H3,(H2,3,4). The number of hydrogen-bond donors (Lipinski definition) is 2. The number of nitrogens with one attached hydrogen (secondary N) is 1. The van der Waals surface area contributed by atoms with Crippen LogP contribution in [0.4, 0.5) is 0 Å². The lowest BCUT2D eigenvalue weighted by Gasteiger charge is -2.01. The predicted octanol–water partition coefficient (Wildman–Crippen LogP) is 0.0275. The molecule has 3 nitrogen and oxygen atoms in total. The van der Waals surface area contributed by atoms with Crippen LogP contribution >= 0.6 is 0 Å². The van der Waals surface area contributed by atoms with Crippen LogP contribution in [0, 0.1) is 0 Å². The van der Waals surface area contributed by atoms with Gasteiger partial charge >= 0.3 is 0 Å². The first-order valence-corrected chi connectivity index (χ1v) is 3.35. The van der Waals surface area contributed by atoms with Crippen molar-refractivity contribution in [3.05, 3.63) is 12.2 Å². The Hall–Kier alpha value is -0.830. The van der Waals surface area contributed by atoms with Crippen LogP contribution in [0.2, 0.25) is 0 Å². The van der Waals surface area contributed by atoms with Crippen LogP contribution in [-0.2, 0) is 4.79 Å². The van der Waals surface area contributed by atoms with Crippen LogP contribution in [0.5, 0.6) is 0 Å². The average molecular weight is 142 g/mol. The van der Waals surface area contributed by atoms with Crippen molar-refractivity contribution in [1.29, 1.82) is 0 Å². The Labute approximate surface area is 61.3 Å². The van der Waals surface area contributed by atoms with E-state index in [2.05, 4.69) is 23.2 Å². The Morgan fingerprint density at radius 3 is 2.30 bits per heavy atom. The number of rotatable bonds is 0. The van der Waals surface area contributed by atoms with E-state index in [4.69, 9.17) is 0 Å². The van der Waals surface area contributed by atoms with Crippen molar-refractivity contribution in [1.82, 2.24) is 5.32 Å². The maximum Gasteiger partial charge on any atom is 0.214 e. The highest BCUT2D eigenvalue weighted by Crippen LogP contribution is 1.84. The molecule has 0 radical (unpaired) electrons. The molecule has 10 heavy (non-hydrogen) atoms. The molecule has 0 saturated carbocycles. The van der Waals surface area contributed by atoms with Crippen molar-refractivity contribution in [3.8, 4) is 0 Å². The molecule has 0 fully saturated rings. The zero-order valence-corrected chi connectivity index (χ0v) is 6.26. The van der Waals surface area contributed by atoms with E-state index >= 15 is 0 Å². The normalized spacial score (nSPS) is 15.3. The maximum absolute atomic E-state index is 9.22. The maximum atomic E-state index is 9.22. The summed E-state index contributed by atoms with van der Waals surface area (Å²) in [5.41, 5.74) is 4.47. The summed E-state index contributed by atoms with van der Waals surface area (Å²) in [5, 5.41) is 3.20. The van der Waals surface area contributed by atoms with Crippen LogP contribution in [-0.4, -0.2) is 19.0 Å². The molecule has 0 aliphatic carbocycles. The molecular formula is C7H14N2O. The topological polar surface area (TPSA) is 55.1 Å². The molecule has 1 amide bonds. The monoisotopic (exact) mass is 142 g/mol. The molecule has 0 atom stereocenters. The van der Waals surface area contributed by atoms with Gasteiger partial charge in [0.2, 0.25) is 5.91 Å². The van der Waals surface area contributed by atoms with Crippen LogP contribution < -0.4 is 11.1 Å². The van der Waals surface area contributed by atoms with Crippen LogP contribution in [0.15, 0.2) is 12.2 Å². The Kier molecular flexibility index (Phi) is 5.77. The molecule has 1 rings (SSSR count). The Bertz CT molecular complexity index is 109. The van der Waals surface area contributed by atoms with Gasteiger partial charge in [0.05, 0.1) is 0 Å². The zero-order valence-electron chi connectivity index (χ0n) is 6.26. The van der Waals surface area contributed by atoms with Gasteiger partial charge in [-0.05, 0) is 13.0 Å². The van der Waals surface area contributed by atoms with Gasteiger partial charge in [-0.15, -0.1) is 0 Å². The van der Waals surface area contributed by atoms with E-state index in [1.807, 2.05) is 0 Å². The summed E-state index contributed by atoms with van der Waals surface area (Å²) in [6.45, 7) is 3.54. The van der Waals surface area contributed by atoms with Crippen LogP contribution in [0.25, 0.3) is 0 Å². The number of amides is 1. The molecule has 0 aromatic heterocycles. The highest BCUT2D eigenvalue weighted by Gasteiger charge is 1.84. The number of nitrogens with two attached hydrogens (primary N) is 1. The van der Waals surface area contributed by atoms with Gasteiger partial charge in [-0.25, -0.2) is 0 Å². The van der Waals surface area contributed by atoms with Crippen molar-refractivity contribution in [2.75, 3.05) is 13.1 Å². The highest BCUT2D eigenvalue weighted by atomic mass is 16.1. The molecule has 0 bridgehead atoms. The first-order valence-electron chi connectivity index (χ1n) is 3.35. The van der Waals surface area contributed by atoms with Gasteiger partial charge in [0, 0.05) is 13.5 Å². The number of carbonyl (C=O) groups is 1. The second-order valence-electron chi connectivity index (χ2n) is 2.07. The van der Waals surface area contributed by atoms with Crippen LogP contribution in [0.1, 0.15) is 13.3 Å². The highest BCUT2D eigenvalue weighted by molar-refractivity contribution is 5.70. The molecule has 0 spiro atoms. The van der Waals surface area contributed by atoms with Crippen molar-refractivity contribution in [3.63, 3.8) is 0 Å². The van der Waals surface area contributed by atoms with Gasteiger partial charge in [0.1, 0.15) is 0 Å². The summed E-state index contributed by atoms with van der Waals surface area (Å²) in [7, 11) is 0. The molecule has 3 heteroatoms. The first kappa shape index (κ1) is 9.17. The smallest absolute Gasteiger partial charge is 0.214 e. The largest absolute Gasteiger partial charge is 0.370 e. The quantitative estimate of drug-likeness (QED) is 0.469. The van der Waals surface area contributed by atoms with Gasteiger partial charge in [-0.1, -0.05) is 12.2 Å². The summed E-state index contributed by atoms with van der Waals surface area (Å²) < 4.78 is 0. The number of hydrogen-bond acceptors (Lipinski definition) is 2. The van der Waals surface area contributed by atoms with Gasteiger partial charge in [-0.3, -0.25) is 4.79 Å². The van der Waals surface area contributed by atoms with Gasteiger partial charge < -0.3 is 11.1 Å². The van der Waals surface area contributed by atoms with Crippen molar-refractivity contribution >= 4 is 5.91 Å². The van der Waals surface area contributed by atoms with Crippen molar-refractivity contribution < 1.29 is 4.79 Å². The Morgan fingerprint density at radius 1 is 1.60 bits per heavy atom. The minimum atomic E-state index is -0.333. The van der Waals surface area contributed by atoms with Gasteiger partial charge in [0.15, 0.2) is 0 Å². The third-order valence-corrected chi connectivity index (χ3v) is 0.917. The minimum Gasteiger partial charge on any atom is -0.370 e. The second-order valence-corrected chi connectivity index (χ2v) is 2.07. The third-order valence-electron chi connectivity index (χ3n) is 0.917. The summed E-state index contributed by atoms with van der Waals surface area (Å²) in [6.07, 6.45) is 5.57. The van der Waals surface area contributed by atoms with E-state index in [1.54, 1.807) is 0 Å². The Morgan fingerprint density at radius 2 is 2.20 bits per heavy atom. The molecule has 0 aromatic carbocycles. The van der Waals surface area contributed by atoms with Crippen LogP contribution in [0.3, 0.4) is 0 Å². The number of primary amides is 1. The van der Waals surface area contributed by atoms with Crippen molar-refractivity contribution in [2.45, 2.75) is 13.3 Å². The lowest BCUT2D eigenvalue weighted by molar-refractivity contribution is -0.115. The predicted molar refractivity (Wildman–Crippen MR) is 41.5 cm³/mol. The second kappa shape index (κ2) is 6.29. The van der Waals surface area contributed by atoms with E-state index in [-0.39, 0.29) is 5.91 Å². The fraction of sp³-hybridized carbons (Fsp3) is 0.571. The van der Waals surface area contributed by atoms with E-state index < -0.39 is 0 Å². The molecule has 3 N–H and O–H groups in total. The Balaban J connectivity index is 0.000000180. The minimum absolute atomic E-state index is 0.333. The number of carbonyl (C=O) groups excluding carboxylic acids is 1. The first-order chi connectivity index (χ1) is 4.73. The SMILES string of the molecule is C1=CCNCC1.CC(N)=O.